The molecule has 0 aromatic heterocycles. The standard InChI is InChI=1S/C13H20N2/c1-10-8-11(14)4-5-12(10)15-9-13(2)6-3-7-13/h4-5,8,15H,3,6-7,9,14H2,1-2H3. The molecule has 2 heteroatoms. The van der Waals surface area contributed by atoms with Crippen LogP contribution in [0.3, 0.4) is 0 Å². The summed E-state index contributed by atoms with van der Waals surface area (Å²) in [5, 5.41) is 3.53. The van der Waals surface area contributed by atoms with Crippen LogP contribution in [0, 0.1) is 12.3 Å². The number of benzene rings is 1. The van der Waals surface area contributed by atoms with Gasteiger partial charge in [-0.3, -0.25) is 0 Å². The third-order valence-corrected chi connectivity index (χ3v) is 3.52. The number of nitrogens with two attached hydrogens (primary N) is 1. The molecule has 82 valence electrons. The van der Waals surface area contributed by atoms with E-state index in [1.54, 1.807) is 0 Å². The van der Waals surface area contributed by atoms with Crippen LogP contribution in [0.25, 0.3) is 0 Å². The first kappa shape index (κ1) is 10.3. The lowest BCUT2D eigenvalue weighted by molar-refractivity contribution is 0.180. The molecule has 0 unspecified atom stereocenters. The van der Waals surface area contributed by atoms with E-state index in [-0.39, 0.29) is 0 Å². The summed E-state index contributed by atoms with van der Waals surface area (Å²) >= 11 is 0. The molecule has 1 saturated carbocycles. The highest BCUT2D eigenvalue weighted by Gasteiger charge is 2.31. The Morgan fingerprint density at radius 1 is 1.40 bits per heavy atom. The van der Waals surface area contributed by atoms with Crippen molar-refractivity contribution in [3.63, 3.8) is 0 Å². The zero-order chi connectivity index (χ0) is 10.9. The van der Waals surface area contributed by atoms with Crippen molar-refractivity contribution in [2.24, 2.45) is 5.41 Å². The Kier molecular flexibility index (Phi) is 2.59. The number of hydrogen-bond donors (Lipinski definition) is 2. The van der Waals surface area contributed by atoms with Crippen molar-refractivity contribution in [1.82, 2.24) is 0 Å². The second kappa shape index (κ2) is 3.76. The van der Waals surface area contributed by atoms with Crippen LogP contribution in [-0.4, -0.2) is 6.54 Å². The van der Waals surface area contributed by atoms with Crippen molar-refractivity contribution in [2.45, 2.75) is 33.1 Å². The van der Waals surface area contributed by atoms with E-state index in [9.17, 15) is 0 Å². The summed E-state index contributed by atoms with van der Waals surface area (Å²) in [5.41, 5.74) is 9.54. The Bertz CT molecular complexity index is 354. The molecule has 0 saturated heterocycles. The molecule has 0 heterocycles. The number of aryl methyl sites for hydroxylation is 1. The van der Waals surface area contributed by atoms with Gasteiger partial charge < -0.3 is 11.1 Å². The molecule has 0 amide bonds. The lowest BCUT2D eigenvalue weighted by Crippen LogP contribution is -2.33. The molecule has 0 bridgehead atoms. The van der Waals surface area contributed by atoms with Gasteiger partial charge in [-0.25, -0.2) is 0 Å². The molecule has 1 aliphatic carbocycles. The van der Waals surface area contributed by atoms with Gasteiger partial charge in [0.25, 0.3) is 0 Å². The average Bonchev–Trinajstić information content (AvgIpc) is 2.14. The van der Waals surface area contributed by atoms with Crippen molar-refractivity contribution in [3.8, 4) is 0 Å². The molecule has 15 heavy (non-hydrogen) atoms. The topological polar surface area (TPSA) is 38.0 Å². The Labute approximate surface area is 91.9 Å². The Morgan fingerprint density at radius 2 is 2.13 bits per heavy atom. The number of nitrogens with one attached hydrogen (secondary N) is 1. The van der Waals surface area contributed by atoms with E-state index in [1.165, 1.54) is 30.5 Å². The lowest BCUT2D eigenvalue weighted by Gasteiger charge is -2.38. The largest absolute Gasteiger partial charge is 0.399 e. The molecule has 0 atom stereocenters. The van der Waals surface area contributed by atoms with Crippen LogP contribution in [0.15, 0.2) is 18.2 Å². The van der Waals surface area contributed by atoms with E-state index in [4.69, 9.17) is 5.73 Å². The minimum absolute atomic E-state index is 0.522. The summed E-state index contributed by atoms with van der Waals surface area (Å²) in [6, 6.07) is 6.05. The van der Waals surface area contributed by atoms with E-state index in [1.807, 2.05) is 12.1 Å². The number of rotatable bonds is 3. The smallest absolute Gasteiger partial charge is 0.0371 e. The third-order valence-electron chi connectivity index (χ3n) is 3.52. The van der Waals surface area contributed by atoms with Crippen molar-refractivity contribution < 1.29 is 0 Å². The summed E-state index contributed by atoms with van der Waals surface area (Å²) in [7, 11) is 0. The molecule has 0 aliphatic heterocycles. The van der Waals surface area contributed by atoms with E-state index < -0.39 is 0 Å². The van der Waals surface area contributed by atoms with Crippen molar-refractivity contribution >= 4 is 11.4 Å². The van der Waals surface area contributed by atoms with Gasteiger partial charge in [0, 0.05) is 17.9 Å². The highest BCUT2D eigenvalue weighted by atomic mass is 14.9. The molecule has 1 aromatic rings. The molecule has 2 nitrogen and oxygen atoms in total. The quantitative estimate of drug-likeness (QED) is 0.742. The van der Waals surface area contributed by atoms with Gasteiger partial charge in [0.2, 0.25) is 0 Å². The molecule has 3 N–H and O–H groups in total. The van der Waals surface area contributed by atoms with Crippen LogP contribution in [0.4, 0.5) is 11.4 Å². The van der Waals surface area contributed by atoms with E-state index in [0.717, 1.165) is 12.2 Å². The van der Waals surface area contributed by atoms with Gasteiger partial charge in [-0.2, -0.15) is 0 Å². The molecule has 1 fully saturated rings. The maximum Gasteiger partial charge on any atom is 0.0371 e. The minimum Gasteiger partial charge on any atom is -0.399 e. The summed E-state index contributed by atoms with van der Waals surface area (Å²) in [6.45, 7) is 5.54. The summed E-state index contributed by atoms with van der Waals surface area (Å²) < 4.78 is 0. The monoisotopic (exact) mass is 204 g/mol. The van der Waals surface area contributed by atoms with Gasteiger partial charge in [-0.05, 0) is 48.9 Å². The average molecular weight is 204 g/mol. The second-order valence-electron chi connectivity index (χ2n) is 5.09. The van der Waals surface area contributed by atoms with Gasteiger partial charge in [0.15, 0.2) is 0 Å². The minimum atomic E-state index is 0.522. The molecule has 0 spiro atoms. The Morgan fingerprint density at radius 3 is 2.67 bits per heavy atom. The predicted octanol–water partition coefficient (Wildman–Crippen LogP) is 3.18. The fourth-order valence-electron chi connectivity index (χ4n) is 2.15. The third kappa shape index (κ3) is 2.25. The fraction of sp³-hybridized carbons (Fsp3) is 0.538. The molecular weight excluding hydrogens is 184 g/mol. The van der Waals surface area contributed by atoms with Crippen molar-refractivity contribution in [1.29, 1.82) is 0 Å². The van der Waals surface area contributed by atoms with Crippen LogP contribution >= 0.6 is 0 Å². The van der Waals surface area contributed by atoms with Gasteiger partial charge in [0.05, 0.1) is 0 Å². The SMILES string of the molecule is Cc1cc(N)ccc1NCC1(C)CCC1. The summed E-state index contributed by atoms with van der Waals surface area (Å²) in [4.78, 5) is 0. The van der Waals surface area contributed by atoms with Gasteiger partial charge >= 0.3 is 0 Å². The van der Waals surface area contributed by atoms with Gasteiger partial charge in [-0.1, -0.05) is 13.3 Å². The predicted molar refractivity (Wildman–Crippen MR) is 66.0 cm³/mol. The van der Waals surface area contributed by atoms with E-state index in [2.05, 4.69) is 25.2 Å². The van der Waals surface area contributed by atoms with Crippen LogP contribution in [0.1, 0.15) is 31.7 Å². The highest BCUT2D eigenvalue weighted by Crippen LogP contribution is 2.40. The van der Waals surface area contributed by atoms with Crippen molar-refractivity contribution in [3.05, 3.63) is 23.8 Å². The van der Waals surface area contributed by atoms with E-state index in [0.29, 0.717) is 5.41 Å². The van der Waals surface area contributed by atoms with E-state index >= 15 is 0 Å². The summed E-state index contributed by atoms with van der Waals surface area (Å²) in [6.07, 6.45) is 4.10. The molecule has 1 aromatic carbocycles. The zero-order valence-electron chi connectivity index (χ0n) is 9.64. The van der Waals surface area contributed by atoms with Gasteiger partial charge in [0.1, 0.15) is 0 Å². The maximum atomic E-state index is 5.72. The highest BCUT2D eigenvalue weighted by molar-refractivity contribution is 5.57. The van der Waals surface area contributed by atoms with Gasteiger partial charge in [-0.15, -0.1) is 0 Å². The normalized spacial score (nSPS) is 18.3. The Hall–Kier alpha value is -1.18. The second-order valence-corrected chi connectivity index (χ2v) is 5.09. The number of nitrogen functional groups attached to an aromatic ring is 1. The summed E-state index contributed by atoms with van der Waals surface area (Å²) in [5.74, 6) is 0. The molecule has 1 aliphatic rings. The van der Waals surface area contributed by atoms with Crippen LogP contribution in [0.5, 0.6) is 0 Å². The van der Waals surface area contributed by atoms with Crippen LogP contribution in [-0.2, 0) is 0 Å². The van der Waals surface area contributed by atoms with Crippen molar-refractivity contribution in [2.75, 3.05) is 17.6 Å². The Balaban J connectivity index is 1.98. The number of anilines is 2. The fourth-order valence-corrected chi connectivity index (χ4v) is 2.15. The van der Waals surface area contributed by atoms with Crippen LogP contribution in [0.2, 0.25) is 0 Å². The molecular formula is C13H20N2. The first-order chi connectivity index (χ1) is 7.09. The first-order valence-electron chi connectivity index (χ1n) is 5.69. The molecule has 2 rings (SSSR count). The molecule has 0 radical (unpaired) electrons. The number of hydrogen-bond acceptors (Lipinski definition) is 2. The lowest BCUT2D eigenvalue weighted by atomic mass is 9.70. The first-order valence-corrected chi connectivity index (χ1v) is 5.69. The zero-order valence-corrected chi connectivity index (χ0v) is 9.64. The van der Waals surface area contributed by atoms with Crippen LogP contribution < -0.4 is 11.1 Å². The maximum absolute atomic E-state index is 5.72.